The summed E-state index contributed by atoms with van der Waals surface area (Å²) in [6, 6.07) is 7.77. The number of benzene rings is 1. The molecule has 0 atom stereocenters. The van der Waals surface area contributed by atoms with Crippen molar-refractivity contribution in [2.45, 2.75) is 6.61 Å². The molecule has 0 spiro atoms. The van der Waals surface area contributed by atoms with Crippen molar-refractivity contribution >= 4 is 22.4 Å². The predicted octanol–water partition coefficient (Wildman–Crippen LogP) is 2.57. The van der Waals surface area contributed by atoms with Crippen LogP contribution in [0.2, 0.25) is 5.02 Å². The molecule has 0 saturated heterocycles. The zero-order valence-corrected chi connectivity index (χ0v) is 10.2. The molecule has 4 nitrogen and oxygen atoms in total. The van der Waals surface area contributed by atoms with Gasteiger partial charge < -0.3 is 5.11 Å². The number of hydrogen-bond donors (Lipinski definition) is 1. The van der Waals surface area contributed by atoms with Crippen molar-refractivity contribution in [3.63, 3.8) is 0 Å². The summed E-state index contributed by atoms with van der Waals surface area (Å²) in [4.78, 5) is 4.34. The molecular formula is C13H10ClN3O. The van der Waals surface area contributed by atoms with Crippen LogP contribution in [-0.4, -0.2) is 19.9 Å². The van der Waals surface area contributed by atoms with Crippen molar-refractivity contribution in [1.29, 1.82) is 0 Å². The monoisotopic (exact) mass is 259 g/mol. The first-order chi connectivity index (χ1) is 8.79. The molecule has 0 amide bonds. The minimum absolute atomic E-state index is 0.0341. The largest absolute Gasteiger partial charge is 0.392 e. The molecule has 0 radical (unpaired) electrons. The van der Waals surface area contributed by atoms with E-state index in [4.69, 9.17) is 11.6 Å². The van der Waals surface area contributed by atoms with E-state index in [9.17, 15) is 5.11 Å². The number of hydrogen-bond acceptors (Lipinski definition) is 3. The van der Waals surface area contributed by atoms with E-state index in [0.29, 0.717) is 10.8 Å². The van der Waals surface area contributed by atoms with Gasteiger partial charge >= 0.3 is 0 Å². The van der Waals surface area contributed by atoms with Crippen LogP contribution in [0.4, 0.5) is 0 Å². The molecule has 2 heterocycles. The van der Waals surface area contributed by atoms with Gasteiger partial charge in [-0.1, -0.05) is 35.9 Å². The first-order valence-corrected chi connectivity index (χ1v) is 5.85. The highest BCUT2D eigenvalue weighted by atomic mass is 35.5. The van der Waals surface area contributed by atoms with E-state index in [-0.39, 0.29) is 6.61 Å². The van der Waals surface area contributed by atoms with E-state index in [2.05, 4.69) is 10.1 Å². The lowest BCUT2D eigenvalue weighted by molar-refractivity contribution is 0.283. The molecule has 0 fully saturated rings. The van der Waals surface area contributed by atoms with Gasteiger partial charge in [0.2, 0.25) is 0 Å². The number of halogens is 1. The van der Waals surface area contributed by atoms with E-state index in [1.54, 1.807) is 23.3 Å². The summed E-state index contributed by atoms with van der Waals surface area (Å²) in [6.45, 7) is -0.0341. The van der Waals surface area contributed by atoms with Crippen LogP contribution in [0.25, 0.3) is 16.6 Å². The van der Waals surface area contributed by atoms with Crippen molar-refractivity contribution in [2.24, 2.45) is 0 Å². The Morgan fingerprint density at radius 2 is 1.94 bits per heavy atom. The lowest BCUT2D eigenvalue weighted by atomic mass is 10.1. The number of fused-ring (bicyclic) bond motifs is 1. The van der Waals surface area contributed by atoms with Crippen LogP contribution in [0.3, 0.4) is 0 Å². The second-order valence-electron chi connectivity index (χ2n) is 3.91. The number of rotatable bonds is 2. The molecule has 90 valence electrons. The maximum Gasteiger partial charge on any atom is 0.161 e. The molecular weight excluding hydrogens is 250 g/mol. The highest BCUT2D eigenvalue weighted by Gasteiger charge is 2.09. The third-order valence-corrected chi connectivity index (χ3v) is 2.99. The molecule has 0 aliphatic carbocycles. The van der Waals surface area contributed by atoms with Crippen LogP contribution in [0.1, 0.15) is 5.56 Å². The summed E-state index contributed by atoms with van der Waals surface area (Å²) in [5.74, 6) is 0.703. The molecule has 0 saturated carbocycles. The fourth-order valence-corrected chi connectivity index (χ4v) is 2.10. The van der Waals surface area contributed by atoms with Crippen molar-refractivity contribution in [3.8, 4) is 5.82 Å². The third kappa shape index (κ3) is 1.75. The first kappa shape index (κ1) is 11.2. The number of aromatic nitrogens is 3. The van der Waals surface area contributed by atoms with Crippen molar-refractivity contribution < 1.29 is 5.11 Å². The average Bonchev–Trinajstić information content (AvgIpc) is 2.84. The Balaban J connectivity index is 2.31. The second-order valence-corrected chi connectivity index (χ2v) is 4.35. The van der Waals surface area contributed by atoms with E-state index >= 15 is 0 Å². The van der Waals surface area contributed by atoms with Gasteiger partial charge in [0.05, 0.1) is 24.0 Å². The number of aliphatic hydroxyl groups is 1. The summed E-state index contributed by atoms with van der Waals surface area (Å²) < 4.78 is 1.63. The highest BCUT2D eigenvalue weighted by Crippen LogP contribution is 2.23. The van der Waals surface area contributed by atoms with Gasteiger partial charge in [0.25, 0.3) is 0 Å². The van der Waals surface area contributed by atoms with Gasteiger partial charge in [0.15, 0.2) is 5.82 Å². The lowest BCUT2D eigenvalue weighted by Crippen LogP contribution is -2.01. The number of nitrogens with zero attached hydrogens (tertiary/aromatic N) is 3. The summed E-state index contributed by atoms with van der Waals surface area (Å²) in [5.41, 5.74) is 0.799. The molecule has 3 aromatic rings. The Labute approximate surface area is 108 Å². The molecule has 3 rings (SSSR count). The van der Waals surface area contributed by atoms with Crippen LogP contribution in [0.5, 0.6) is 0 Å². The first-order valence-electron chi connectivity index (χ1n) is 5.47. The minimum Gasteiger partial charge on any atom is -0.392 e. The fourth-order valence-electron chi connectivity index (χ4n) is 1.96. The van der Waals surface area contributed by atoms with Crippen LogP contribution in [-0.2, 0) is 6.61 Å². The predicted molar refractivity (Wildman–Crippen MR) is 69.8 cm³/mol. The van der Waals surface area contributed by atoms with Crippen molar-refractivity contribution in [1.82, 2.24) is 14.8 Å². The van der Waals surface area contributed by atoms with Crippen molar-refractivity contribution in [3.05, 3.63) is 53.4 Å². The Hall–Kier alpha value is -1.91. The van der Waals surface area contributed by atoms with Crippen LogP contribution >= 0.6 is 11.6 Å². The Morgan fingerprint density at radius 3 is 2.61 bits per heavy atom. The quantitative estimate of drug-likeness (QED) is 0.770. The summed E-state index contributed by atoms with van der Waals surface area (Å²) in [6.07, 6.45) is 4.93. The van der Waals surface area contributed by atoms with Crippen LogP contribution in [0.15, 0.2) is 42.9 Å². The van der Waals surface area contributed by atoms with Gasteiger partial charge in [-0.2, -0.15) is 5.10 Å². The second kappa shape index (κ2) is 4.40. The SMILES string of the molecule is OCc1cnc(-n2cc(Cl)cn2)c2ccccc12. The molecule has 0 aliphatic heterocycles. The van der Waals surface area contributed by atoms with Gasteiger partial charge in [-0.3, -0.25) is 0 Å². The standard InChI is InChI=1S/C13H10ClN3O/c14-10-6-16-17(7-10)13-12-4-2-1-3-11(12)9(8-18)5-15-13/h1-7,18H,8H2. The zero-order valence-electron chi connectivity index (χ0n) is 9.42. The highest BCUT2D eigenvalue weighted by molar-refractivity contribution is 6.30. The van der Waals surface area contributed by atoms with Crippen LogP contribution < -0.4 is 0 Å². The van der Waals surface area contributed by atoms with E-state index in [1.807, 2.05) is 24.3 Å². The molecule has 18 heavy (non-hydrogen) atoms. The van der Waals surface area contributed by atoms with Gasteiger partial charge in [-0.25, -0.2) is 9.67 Å². The summed E-state index contributed by atoms with van der Waals surface area (Å²) >= 11 is 5.87. The van der Waals surface area contributed by atoms with Crippen molar-refractivity contribution in [2.75, 3.05) is 0 Å². The maximum absolute atomic E-state index is 9.32. The third-order valence-electron chi connectivity index (χ3n) is 2.80. The number of aliphatic hydroxyl groups excluding tert-OH is 1. The summed E-state index contributed by atoms with van der Waals surface area (Å²) in [5, 5.41) is 15.9. The molecule has 0 bridgehead atoms. The Morgan fingerprint density at radius 1 is 1.17 bits per heavy atom. The van der Waals surface area contributed by atoms with E-state index in [1.165, 1.54) is 0 Å². The Bertz CT molecular complexity index is 708. The summed E-state index contributed by atoms with van der Waals surface area (Å²) in [7, 11) is 0. The normalized spacial score (nSPS) is 11.0. The van der Waals surface area contributed by atoms with E-state index in [0.717, 1.165) is 16.3 Å². The smallest absolute Gasteiger partial charge is 0.161 e. The molecule has 0 aliphatic rings. The molecule has 1 N–H and O–H groups in total. The topological polar surface area (TPSA) is 50.9 Å². The zero-order chi connectivity index (χ0) is 12.5. The molecule has 1 aromatic carbocycles. The van der Waals surface area contributed by atoms with Gasteiger partial charge in [-0.15, -0.1) is 0 Å². The van der Waals surface area contributed by atoms with E-state index < -0.39 is 0 Å². The average molecular weight is 260 g/mol. The maximum atomic E-state index is 9.32. The molecule has 0 unspecified atom stereocenters. The van der Waals surface area contributed by atoms with Crippen LogP contribution in [0, 0.1) is 0 Å². The van der Waals surface area contributed by atoms with Gasteiger partial charge in [-0.05, 0) is 5.39 Å². The lowest BCUT2D eigenvalue weighted by Gasteiger charge is -2.08. The van der Waals surface area contributed by atoms with Gasteiger partial charge in [0.1, 0.15) is 0 Å². The molecule has 5 heteroatoms. The number of pyridine rings is 1. The Kier molecular flexibility index (Phi) is 2.74. The fraction of sp³-hybridized carbons (Fsp3) is 0.0769. The molecule has 2 aromatic heterocycles. The minimum atomic E-state index is -0.0341. The van der Waals surface area contributed by atoms with Gasteiger partial charge in [0, 0.05) is 17.1 Å².